The fourth-order valence-electron chi connectivity index (χ4n) is 3.07. The number of ether oxygens (including phenoxy) is 1. The first kappa shape index (κ1) is 14.7. The fourth-order valence-corrected chi connectivity index (χ4v) is 3.07. The quantitative estimate of drug-likeness (QED) is 0.837. The number of para-hydroxylation sites is 1. The molecule has 1 aliphatic carbocycles. The molecule has 116 valence electrons. The maximum atomic E-state index is 12.3. The summed E-state index contributed by atoms with van der Waals surface area (Å²) < 4.78 is 29.2. The molecule has 0 aromatic heterocycles. The Morgan fingerprint density at radius 2 is 2.05 bits per heavy atom. The lowest BCUT2D eigenvalue weighted by Gasteiger charge is -2.16. The number of hydrogen-bond donors (Lipinski definition) is 1. The van der Waals surface area contributed by atoms with E-state index in [-0.39, 0.29) is 5.75 Å². The van der Waals surface area contributed by atoms with Crippen LogP contribution in [0.2, 0.25) is 0 Å². The molecular formula is C16H22F2N2O. The van der Waals surface area contributed by atoms with Crippen molar-refractivity contribution in [2.24, 2.45) is 5.92 Å². The summed E-state index contributed by atoms with van der Waals surface area (Å²) in [6.07, 6.45) is 3.95. The zero-order chi connectivity index (χ0) is 14.7. The van der Waals surface area contributed by atoms with Crippen molar-refractivity contribution in [3.63, 3.8) is 0 Å². The monoisotopic (exact) mass is 296 g/mol. The van der Waals surface area contributed by atoms with Crippen LogP contribution in [0.15, 0.2) is 24.3 Å². The smallest absolute Gasteiger partial charge is 0.387 e. The van der Waals surface area contributed by atoms with Crippen LogP contribution in [0.25, 0.3) is 0 Å². The van der Waals surface area contributed by atoms with Crippen LogP contribution in [0.5, 0.6) is 5.75 Å². The molecule has 0 spiro atoms. The van der Waals surface area contributed by atoms with Crippen LogP contribution in [0.4, 0.5) is 8.78 Å². The molecule has 1 heterocycles. The van der Waals surface area contributed by atoms with E-state index < -0.39 is 6.61 Å². The summed E-state index contributed by atoms with van der Waals surface area (Å²) in [6.45, 7) is 1.12. The normalized spacial score (nSPS) is 22.9. The van der Waals surface area contributed by atoms with Gasteiger partial charge in [0.15, 0.2) is 0 Å². The maximum absolute atomic E-state index is 12.3. The molecule has 3 rings (SSSR count). The molecule has 0 bridgehead atoms. The van der Waals surface area contributed by atoms with Gasteiger partial charge in [-0.1, -0.05) is 18.2 Å². The molecule has 0 amide bonds. The molecule has 1 saturated carbocycles. The number of halogens is 2. The van der Waals surface area contributed by atoms with E-state index in [0.717, 1.165) is 18.2 Å². The van der Waals surface area contributed by atoms with Crippen LogP contribution in [0.1, 0.15) is 24.8 Å². The van der Waals surface area contributed by atoms with Crippen LogP contribution in [0.3, 0.4) is 0 Å². The van der Waals surface area contributed by atoms with E-state index in [1.807, 2.05) is 12.1 Å². The molecule has 1 aromatic carbocycles. The topological polar surface area (TPSA) is 24.5 Å². The number of nitrogens with zero attached hydrogens (tertiary/aromatic N) is 1. The van der Waals surface area contributed by atoms with E-state index in [9.17, 15) is 8.78 Å². The zero-order valence-electron chi connectivity index (χ0n) is 12.1. The van der Waals surface area contributed by atoms with Crippen LogP contribution in [-0.2, 0) is 6.54 Å². The van der Waals surface area contributed by atoms with Crippen molar-refractivity contribution in [3.05, 3.63) is 29.8 Å². The first-order valence-electron chi connectivity index (χ1n) is 7.70. The summed E-state index contributed by atoms with van der Waals surface area (Å²) in [5.41, 5.74) is 0.787. The van der Waals surface area contributed by atoms with Crippen molar-refractivity contribution in [1.82, 2.24) is 10.2 Å². The van der Waals surface area contributed by atoms with E-state index in [4.69, 9.17) is 0 Å². The first-order chi connectivity index (χ1) is 10.2. The van der Waals surface area contributed by atoms with Gasteiger partial charge in [0.1, 0.15) is 5.75 Å². The number of nitrogens with one attached hydrogen (secondary N) is 1. The van der Waals surface area contributed by atoms with Gasteiger partial charge in [0.2, 0.25) is 0 Å². The molecule has 3 nitrogen and oxygen atoms in total. The van der Waals surface area contributed by atoms with Crippen LogP contribution in [0, 0.1) is 5.92 Å². The molecule has 1 atom stereocenters. The molecule has 2 aliphatic rings. The average molecular weight is 296 g/mol. The van der Waals surface area contributed by atoms with Crippen LogP contribution in [-0.4, -0.2) is 37.2 Å². The summed E-state index contributed by atoms with van der Waals surface area (Å²) in [7, 11) is 0. The lowest BCUT2D eigenvalue weighted by Crippen LogP contribution is -2.27. The number of likely N-dealkylation sites (tertiary alicyclic amines) is 1. The minimum absolute atomic E-state index is 0.269. The molecule has 21 heavy (non-hydrogen) atoms. The molecule has 2 fully saturated rings. The minimum atomic E-state index is -2.77. The van der Waals surface area contributed by atoms with E-state index in [1.54, 1.807) is 12.1 Å². The van der Waals surface area contributed by atoms with Crippen molar-refractivity contribution >= 4 is 0 Å². The Morgan fingerprint density at radius 3 is 2.81 bits per heavy atom. The van der Waals surface area contributed by atoms with Crippen molar-refractivity contribution in [2.45, 2.75) is 38.5 Å². The summed E-state index contributed by atoms with van der Waals surface area (Å²) in [5.74, 6) is 0.944. The molecule has 1 saturated heterocycles. The van der Waals surface area contributed by atoms with Crippen LogP contribution >= 0.6 is 0 Å². The van der Waals surface area contributed by atoms with E-state index in [1.165, 1.54) is 32.4 Å². The maximum Gasteiger partial charge on any atom is 0.387 e. The average Bonchev–Trinajstić information content (AvgIpc) is 3.20. The lowest BCUT2D eigenvalue weighted by molar-refractivity contribution is -0.0505. The van der Waals surface area contributed by atoms with Gasteiger partial charge < -0.3 is 15.0 Å². The molecule has 1 aliphatic heterocycles. The van der Waals surface area contributed by atoms with Crippen LogP contribution < -0.4 is 10.1 Å². The Labute approximate surface area is 124 Å². The van der Waals surface area contributed by atoms with Gasteiger partial charge >= 0.3 is 6.61 Å². The second kappa shape index (κ2) is 6.71. The van der Waals surface area contributed by atoms with E-state index >= 15 is 0 Å². The van der Waals surface area contributed by atoms with Gasteiger partial charge in [0, 0.05) is 24.7 Å². The molecule has 1 N–H and O–H groups in total. The highest BCUT2D eigenvalue weighted by molar-refractivity contribution is 5.33. The Morgan fingerprint density at radius 1 is 1.24 bits per heavy atom. The molecular weight excluding hydrogens is 274 g/mol. The highest BCUT2D eigenvalue weighted by atomic mass is 19.3. The van der Waals surface area contributed by atoms with E-state index in [0.29, 0.717) is 12.5 Å². The standard InChI is InChI=1S/C16H22F2N2O/c17-16(18)21-15-4-2-1-3-13(15)10-19-9-12-7-8-20(11-12)14-5-6-14/h1-4,12,14,16,19H,5-11H2. The first-order valence-corrected chi connectivity index (χ1v) is 7.70. The Balaban J connectivity index is 1.45. The third kappa shape index (κ3) is 4.14. The minimum Gasteiger partial charge on any atom is -0.434 e. The number of benzene rings is 1. The predicted octanol–water partition coefficient (Wildman–Crippen LogP) is 2.86. The van der Waals surface area contributed by atoms with E-state index in [2.05, 4.69) is 15.0 Å². The summed E-state index contributed by atoms with van der Waals surface area (Å²) in [6, 6.07) is 7.82. The second-order valence-electron chi connectivity index (χ2n) is 6.00. The van der Waals surface area contributed by atoms with Gasteiger partial charge in [0.05, 0.1) is 0 Å². The Hall–Kier alpha value is -1.20. The van der Waals surface area contributed by atoms with Gasteiger partial charge in [-0.05, 0) is 44.3 Å². The largest absolute Gasteiger partial charge is 0.434 e. The van der Waals surface area contributed by atoms with Gasteiger partial charge in [-0.2, -0.15) is 8.78 Å². The van der Waals surface area contributed by atoms with Gasteiger partial charge in [-0.3, -0.25) is 0 Å². The van der Waals surface area contributed by atoms with Gasteiger partial charge in [0.25, 0.3) is 0 Å². The van der Waals surface area contributed by atoms with Gasteiger partial charge in [-0.25, -0.2) is 0 Å². The number of rotatable bonds is 7. The third-order valence-corrected chi connectivity index (χ3v) is 4.32. The molecule has 1 aromatic rings. The highest BCUT2D eigenvalue weighted by Crippen LogP contribution is 2.31. The molecule has 0 radical (unpaired) electrons. The lowest BCUT2D eigenvalue weighted by atomic mass is 10.1. The zero-order valence-corrected chi connectivity index (χ0v) is 12.1. The van der Waals surface area contributed by atoms with Crippen molar-refractivity contribution in [1.29, 1.82) is 0 Å². The van der Waals surface area contributed by atoms with Crippen molar-refractivity contribution in [3.8, 4) is 5.75 Å². The molecule has 5 heteroatoms. The van der Waals surface area contributed by atoms with Crippen molar-refractivity contribution in [2.75, 3.05) is 19.6 Å². The van der Waals surface area contributed by atoms with Crippen molar-refractivity contribution < 1.29 is 13.5 Å². The van der Waals surface area contributed by atoms with Gasteiger partial charge in [-0.15, -0.1) is 0 Å². The second-order valence-corrected chi connectivity index (χ2v) is 6.00. The third-order valence-electron chi connectivity index (χ3n) is 4.32. The Bertz CT molecular complexity index is 465. The summed E-state index contributed by atoms with van der Waals surface area (Å²) in [4.78, 5) is 2.58. The Kier molecular flexibility index (Phi) is 4.70. The summed E-state index contributed by atoms with van der Waals surface area (Å²) in [5, 5.41) is 3.39. The summed E-state index contributed by atoms with van der Waals surface area (Å²) >= 11 is 0. The number of alkyl halides is 2. The number of hydrogen-bond acceptors (Lipinski definition) is 3. The fraction of sp³-hybridized carbons (Fsp3) is 0.625. The molecule has 1 unspecified atom stereocenters. The SMILES string of the molecule is FC(F)Oc1ccccc1CNCC1CCN(C2CC2)C1. The highest BCUT2D eigenvalue weighted by Gasteiger charge is 2.33. The predicted molar refractivity (Wildman–Crippen MR) is 77.5 cm³/mol.